The molecule has 1 saturated heterocycles. The lowest BCUT2D eigenvalue weighted by Gasteiger charge is -2.37. The number of allylic oxidation sites excluding steroid dienone is 1. The molecule has 2 aliphatic heterocycles. The Hall–Kier alpha value is -1.13. The molecular weight excluding hydrogens is 286 g/mol. The first-order chi connectivity index (χ1) is 11.2. The van der Waals surface area contributed by atoms with Crippen molar-refractivity contribution < 1.29 is 4.79 Å². The fraction of sp³-hybridized carbons (Fsp3) is 0.737. The minimum absolute atomic E-state index is 0.106. The standard InChI is InChI=1S/C19H31N3O/c1-16(23)20-18-9-12-21(13-10-18)14-17-6-5-11-22(15-17)19-7-3-2-4-8-19/h3,6-7,18-19H,2,4-5,8-15H2,1H3,(H,20,23)/t19-/m1/s1. The summed E-state index contributed by atoms with van der Waals surface area (Å²) in [6, 6.07) is 1.05. The van der Waals surface area contributed by atoms with Crippen LogP contribution in [0.5, 0.6) is 0 Å². The van der Waals surface area contributed by atoms with Crippen molar-refractivity contribution >= 4 is 5.91 Å². The Bertz CT molecular complexity index is 463. The average Bonchev–Trinajstić information content (AvgIpc) is 2.57. The van der Waals surface area contributed by atoms with Crippen LogP contribution in [0.1, 0.15) is 45.4 Å². The van der Waals surface area contributed by atoms with E-state index in [0.29, 0.717) is 12.1 Å². The zero-order chi connectivity index (χ0) is 16.1. The number of nitrogens with zero attached hydrogens (tertiary/aromatic N) is 2. The second kappa shape index (κ2) is 8.11. The summed E-state index contributed by atoms with van der Waals surface area (Å²) in [5, 5.41) is 3.06. The Morgan fingerprint density at radius 1 is 1.22 bits per heavy atom. The number of hydrogen-bond acceptors (Lipinski definition) is 3. The van der Waals surface area contributed by atoms with Gasteiger partial charge in [-0.2, -0.15) is 0 Å². The number of likely N-dealkylation sites (tertiary alicyclic amines) is 1. The molecule has 23 heavy (non-hydrogen) atoms. The quantitative estimate of drug-likeness (QED) is 0.808. The van der Waals surface area contributed by atoms with Crippen LogP contribution < -0.4 is 5.32 Å². The Labute approximate surface area is 140 Å². The third-order valence-corrected chi connectivity index (χ3v) is 5.38. The fourth-order valence-electron chi connectivity index (χ4n) is 4.15. The molecule has 0 unspecified atom stereocenters. The maximum atomic E-state index is 11.2. The summed E-state index contributed by atoms with van der Waals surface area (Å²) in [6.45, 7) is 7.29. The van der Waals surface area contributed by atoms with Gasteiger partial charge in [-0.15, -0.1) is 0 Å². The van der Waals surface area contributed by atoms with Crippen LogP contribution in [0.4, 0.5) is 0 Å². The number of carbonyl (C=O) groups excluding carboxylic acids is 1. The number of amides is 1. The third-order valence-electron chi connectivity index (χ3n) is 5.38. The highest BCUT2D eigenvalue weighted by Crippen LogP contribution is 2.22. The summed E-state index contributed by atoms with van der Waals surface area (Å²) in [4.78, 5) is 16.4. The molecule has 1 aliphatic carbocycles. The Balaban J connectivity index is 1.45. The van der Waals surface area contributed by atoms with Gasteiger partial charge in [-0.3, -0.25) is 14.6 Å². The van der Waals surface area contributed by atoms with Gasteiger partial charge in [0.2, 0.25) is 5.91 Å². The third kappa shape index (κ3) is 4.92. The van der Waals surface area contributed by atoms with Gasteiger partial charge in [-0.05, 0) is 44.1 Å². The molecule has 4 nitrogen and oxygen atoms in total. The predicted molar refractivity (Wildman–Crippen MR) is 94.3 cm³/mol. The van der Waals surface area contributed by atoms with E-state index in [0.717, 1.165) is 39.0 Å². The van der Waals surface area contributed by atoms with Crippen LogP contribution >= 0.6 is 0 Å². The molecule has 128 valence electrons. The van der Waals surface area contributed by atoms with Crippen LogP contribution in [0.25, 0.3) is 0 Å². The zero-order valence-electron chi connectivity index (χ0n) is 14.5. The van der Waals surface area contributed by atoms with Gasteiger partial charge in [0, 0.05) is 51.7 Å². The van der Waals surface area contributed by atoms with E-state index in [1.165, 1.54) is 32.2 Å². The van der Waals surface area contributed by atoms with Crippen molar-refractivity contribution in [3.63, 3.8) is 0 Å². The SMILES string of the molecule is CC(=O)NC1CCN(CC2=CCCN([C@@H]3C=CCCC3)C2)CC1. The van der Waals surface area contributed by atoms with E-state index in [1.807, 2.05) is 0 Å². The van der Waals surface area contributed by atoms with Gasteiger partial charge in [0.25, 0.3) is 0 Å². The number of nitrogens with one attached hydrogen (secondary N) is 1. The molecule has 1 atom stereocenters. The lowest BCUT2D eigenvalue weighted by molar-refractivity contribution is -0.119. The van der Waals surface area contributed by atoms with Crippen LogP contribution in [-0.4, -0.2) is 60.5 Å². The molecule has 0 radical (unpaired) electrons. The molecule has 0 saturated carbocycles. The monoisotopic (exact) mass is 317 g/mol. The van der Waals surface area contributed by atoms with E-state index < -0.39 is 0 Å². The molecule has 3 rings (SSSR count). The van der Waals surface area contributed by atoms with Crippen molar-refractivity contribution in [2.75, 3.05) is 32.7 Å². The lowest BCUT2D eigenvalue weighted by Crippen LogP contribution is -2.46. The summed E-state index contributed by atoms with van der Waals surface area (Å²) in [5.41, 5.74) is 1.59. The van der Waals surface area contributed by atoms with Crippen molar-refractivity contribution in [1.82, 2.24) is 15.1 Å². The fourth-order valence-corrected chi connectivity index (χ4v) is 4.15. The van der Waals surface area contributed by atoms with Gasteiger partial charge in [-0.25, -0.2) is 0 Å². The van der Waals surface area contributed by atoms with Gasteiger partial charge in [0.1, 0.15) is 0 Å². The maximum Gasteiger partial charge on any atom is 0.217 e. The summed E-state index contributed by atoms with van der Waals surface area (Å²) in [6.07, 6.45) is 14.5. The molecule has 1 fully saturated rings. The van der Waals surface area contributed by atoms with Gasteiger partial charge in [0.15, 0.2) is 0 Å². The number of hydrogen-bond donors (Lipinski definition) is 1. The normalized spacial score (nSPS) is 27.7. The first-order valence-electron chi connectivity index (χ1n) is 9.29. The average molecular weight is 317 g/mol. The summed E-state index contributed by atoms with van der Waals surface area (Å²) < 4.78 is 0. The van der Waals surface area contributed by atoms with Gasteiger partial charge in [-0.1, -0.05) is 18.2 Å². The zero-order valence-corrected chi connectivity index (χ0v) is 14.5. The molecule has 0 bridgehead atoms. The molecule has 0 aromatic rings. The second-order valence-electron chi connectivity index (χ2n) is 7.30. The molecule has 1 amide bonds. The van der Waals surface area contributed by atoms with Gasteiger partial charge < -0.3 is 5.32 Å². The molecule has 1 N–H and O–H groups in total. The van der Waals surface area contributed by atoms with E-state index in [-0.39, 0.29) is 5.91 Å². The summed E-state index contributed by atoms with van der Waals surface area (Å²) in [5.74, 6) is 0.106. The molecule has 3 aliphatic rings. The molecule has 0 aromatic carbocycles. The highest BCUT2D eigenvalue weighted by Gasteiger charge is 2.24. The first kappa shape index (κ1) is 16.7. The van der Waals surface area contributed by atoms with Crippen molar-refractivity contribution in [2.24, 2.45) is 0 Å². The van der Waals surface area contributed by atoms with Crippen molar-refractivity contribution in [3.8, 4) is 0 Å². The van der Waals surface area contributed by atoms with Crippen LogP contribution in [0, 0.1) is 0 Å². The predicted octanol–water partition coefficient (Wildman–Crippen LogP) is 2.33. The van der Waals surface area contributed by atoms with Crippen molar-refractivity contribution in [2.45, 2.75) is 57.5 Å². The Morgan fingerprint density at radius 2 is 2.04 bits per heavy atom. The minimum Gasteiger partial charge on any atom is -0.354 e. The van der Waals surface area contributed by atoms with Crippen molar-refractivity contribution in [1.29, 1.82) is 0 Å². The first-order valence-corrected chi connectivity index (χ1v) is 9.29. The lowest BCUT2D eigenvalue weighted by atomic mass is 9.98. The van der Waals surface area contributed by atoms with Crippen LogP contribution in [0.15, 0.2) is 23.8 Å². The molecule has 0 aromatic heterocycles. The van der Waals surface area contributed by atoms with Crippen LogP contribution in [0.3, 0.4) is 0 Å². The van der Waals surface area contributed by atoms with Gasteiger partial charge in [0.05, 0.1) is 0 Å². The van der Waals surface area contributed by atoms with E-state index in [2.05, 4.69) is 33.3 Å². The smallest absolute Gasteiger partial charge is 0.217 e. The highest BCUT2D eigenvalue weighted by molar-refractivity contribution is 5.73. The Kier molecular flexibility index (Phi) is 5.90. The van der Waals surface area contributed by atoms with Crippen LogP contribution in [0.2, 0.25) is 0 Å². The maximum absolute atomic E-state index is 11.2. The summed E-state index contributed by atoms with van der Waals surface area (Å²) >= 11 is 0. The highest BCUT2D eigenvalue weighted by atomic mass is 16.1. The van der Waals surface area contributed by atoms with Crippen molar-refractivity contribution in [3.05, 3.63) is 23.8 Å². The van der Waals surface area contributed by atoms with Crippen LogP contribution in [-0.2, 0) is 4.79 Å². The second-order valence-corrected chi connectivity index (χ2v) is 7.30. The van der Waals surface area contributed by atoms with Gasteiger partial charge >= 0.3 is 0 Å². The van der Waals surface area contributed by atoms with E-state index in [1.54, 1.807) is 12.5 Å². The largest absolute Gasteiger partial charge is 0.354 e. The van der Waals surface area contributed by atoms with E-state index in [9.17, 15) is 4.79 Å². The molecule has 0 spiro atoms. The number of carbonyl (C=O) groups is 1. The summed E-state index contributed by atoms with van der Waals surface area (Å²) in [7, 11) is 0. The van der Waals surface area contributed by atoms with E-state index in [4.69, 9.17) is 0 Å². The minimum atomic E-state index is 0.106. The molecular formula is C19H31N3O. The number of rotatable bonds is 4. The topological polar surface area (TPSA) is 35.6 Å². The molecule has 4 heteroatoms. The number of piperidine rings is 1. The molecule has 2 heterocycles. The Morgan fingerprint density at radius 3 is 2.74 bits per heavy atom. The van der Waals surface area contributed by atoms with E-state index >= 15 is 0 Å².